The number of hydrogen-bond donors (Lipinski definition) is 5. The summed E-state index contributed by atoms with van der Waals surface area (Å²) >= 11 is 0. The van der Waals surface area contributed by atoms with Crippen LogP contribution in [0.4, 0.5) is 37.5 Å². The van der Waals surface area contributed by atoms with Gasteiger partial charge in [-0.2, -0.15) is 4.98 Å². The molecule has 5 amide bonds. The second kappa shape index (κ2) is 24.8. The van der Waals surface area contributed by atoms with Crippen molar-refractivity contribution in [3.63, 3.8) is 0 Å². The number of carbonyl (C=O) groups is 6. The number of pyridine rings is 2. The highest BCUT2D eigenvalue weighted by Gasteiger charge is 2.33. The predicted molar refractivity (Wildman–Crippen MR) is 299 cm³/mol. The molecule has 1 aliphatic heterocycles. The van der Waals surface area contributed by atoms with E-state index in [1.807, 2.05) is 62.4 Å². The lowest BCUT2D eigenvalue weighted by molar-refractivity contribution is -0.128. The number of nitrogens with two attached hydrogens (primary N) is 1. The van der Waals surface area contributed by atoms with Crippen LogP contribution in [-0.4, -0.2) is 105 Å². The Morgan fingerprint density at radius 1 is 0.823 bits per heavy atom. The van der Waals surface area contributed by atoms with Crippen LogP contribution < -0.4 is 37.5 Å². The number of amides is 5. The number of benzene rings is 3. The maximum Gasteiger partial charge on any atom is 0.410 e. The van der Waals surface area contributed by atoms with E-state index in [4.69, 9.17) is 20.2 Å². The lowest BCUT2D eigenvalue weighted by Crippen LogP contribution is -2.49. The summed E-state index contributed by atoms with van der Waals surface area (Å²) in [4.78, 5) is 109. The summed E-state index contributed by atoms with van der Waals surface area (Å²) in [5, 5.41) is 12.0. The van der Waals surface area contributed by atoms with Crippen LogP contribution in [0.3, 0.4) is 0 Å². The number of urea groups is 1. The van der Waals surface area contributed by atoms with Crippen LogP contribution >= 0.6 is 0 Å². The molecule has 412 valence electrons. The molecular weight excluding hydrogens is 1010 g/mol. The van der Waals surface area contributed by atoms with Crippen LogP contribution in [0, 0.1) is 18.8 Å². The molecule has 6 aromatic rings. The van der Waals surface area contributed by atoms with Crippen molar-refractivity contribution >= 4 is 69.9 Å². The number of fused-ring (bicyclic) bond motifs is 4. The molecule has 1 saturated carbocycles. The first-order valence-corrected chi connectivity index (χ1v) is 27.0. The molecule has 2 fully saturated rings. The molecule has 79 heavy (non-hydrogen) atoms. The Hall–Kier alpha value is -8.68. The van der Waals surface area contributed by atoms with Gasteiger partial charge < -0.3 is 46.3 Å². The van der Waals surface area contributed by atoms with Gasteiger partial charge in [0.05, 0.1) is 23.5 Å². The van der Waals surface area contributed by atoms with Gasteiger partial charge in [0.25, 0.3) is 5.56 Å². The normalized spacial score (nSPS) is 15.0. The Balaban J connectivity index is 0.743. The number of hydrogen-bond acceptors (Lipinski definition) is 14. The quantitative estimate of drug-likeness (QED) is 0.0355. The summed E-state index contributed by atoms with van der Waals surface area (Å²) < 4.78 is 13.1. The topological polar surface area (TPSA) is 262 Å². The largest absolute Gasteiger partial charge is 0.449 e. The molecule has 0 spiro atoms. The van der Waals surface area contributed by atoms with Gasteiger partial charge in [0.1, 0.15) is 24.7 Å². The van der Waals surface area contributed by atoms with E-state index < -0.39 is 36.1 Å². The summed E-state index contributed by atoms with van der Waals surface area (Å²) in [7, 11) is 0. The number of carbonyl (C=O) groups excluding carboxylic acids is 6. The van der Waals surface area contributed by atoms with Crippen LogP contribution in [-0.2, 0) is 25.7 Å². The molecular formula is C59H67N11O9. The van der Waals surface area contributed by atoms with Gasteiger partial charge in [-0.25, -0.2) is 24.4 Å². The minimum atomic E-state index is -0.930. The van der Waals surface area contributed by atoms with E-state index in [1.54, 1.807) is 53.0 Å². The predicted octanol–water partition coefficient (Wildman–Crippen LogP) is 8.54. The van der Waals surface area contributed by atoms with E-state index in [9.17, 15) is 33.6 Å². The molecule has 2 aliphatic carbocycles. The maximum atomic E-state index is 13.9. The van der Waals surface area contributed by atoms with Crippen LogP contribution in [0.5, 0.6) is 0 Å². The Morgan fingerprint density at radius 2 is 1.51 bits per heavy atom. The highest BCUT2D eigenvalue weighted by atomic mass is 16.6. The van der Waals surface area contributed by atoms with Crippen LogP contribution in [0.25, 0.3) is 22.2 Å². The highest BCUT2D eigenvalue weighted by molar-refractivity contribution is 6.00. The van der Waals surface area contributed by atoms with Gasteiger partial charge in [0.15, 0.2) is 11.6 Å². The first kappa shape index (κ1) is 55.1. The number of nitrogens with one attached hydrogen (secondary N) is 4. The van der Waals surface area contributed by atoms with Crippen LogP contribution in [0.1, 0.15) is 110 Å². The minimum Gasteiger partial charge on any atom is -0.449 e. The number of alkyl carbamates (subject to hydrolysis) is 1. The molecule has 6 N–H and O–H groups in total. The zero-order valence-electron chi connectivity index (χ0n) is 45.0. The van der Waals surface area contributed by atoms with Crippen molar-refractivity contribution in [2.75, 3.05) is 54.9 Å². The molecule has 0 bridgehead atoms. The second-order valence-electron chi connectivity index (χ2n) is 20.8. The molecule has 9 rings (SSSR count). The Kier molecular flexibility index (Phi) is 17.3. The molecule has 3 aliphatic rings. The number of anilines is 4. The zero-order valence-corrected chi connectivity index (χ0v) is 45.0. The number of ether oxygens (including phenoxy) is 2. The van der Waals surface area contributed by atoms with Crippen molar-refractivity contribution in [2.24, 2.45) is 17.6 Å². The number of rotatable bonds is 20. The summed E-state index contributed by atoms with van der Waals surface area (Å²) in [6.07, 6.45) is 6.33. The van der Waals surface area contributed by atoms with Gasteiger partial charge in [0.2, 0.25) is 11.9 Å². The lowest BCUT2D eigenvalue weighted by Gasteiger charge is -2.35. The van der Waals surface area contributed by atoms with Crippen molar-refractivity contribution in [1.29, 1.82) is 0 Å². The number of aromatic nitrogens is 4. The summed E-state index contributed by atoms with van der Waals surface area (Å²) in [5.74, 6) is -1.52. The van der Waals surface area contributed by atoms with Crippen molar-refractivity contribution < 1.29 is 38.2 Å². The molecule has 20 heteroatoms. The van der Waals surface area contributed by atoms with Crippen molar-refractivity contribution in [3.05, 3.63) is 135 Å². The molecule has 20 nitrogen and oxygen atoms in total. The number of aryl methyl sites for hydroxylation is 1. The Morgan fingerprint density at radius 3 is 2.14 bits per heavy atom. The maximum absolute atomic E-state index is 13.9. The second-order valence-corrected chi connectivity index (χ2v) is 20.8. The Labute approximate surface area is 457 Å². The third-order valence-electron chi connectivity index (χ3n) is 15.2. The van der Waals surface area contributed by atoms with Crippen LogP contribution in [0.2, 0.25) is 0 Å². The molecule has 0 unspecified atom stereocenters. The van der Waals surface area contributed by atoms with E-state index >= 15 is 0 Å². The fourth-order valence-electron chi connectivity index (χ4n) is 11.0. The molecule has 4 heterocycles. The number of ketones is 2. The van der Waals surface area contributed by atoms with Crippen molar-refractivity contribution in [1.82, 2.24) is 35.1 Å². The van der Waals surface area contributed by atoms with Gasteiger partial charge in [-0.1, -0.05) is 87.4 Å². The third kappa shape index (κ3) is 12.9. The standard InChI is InChI=1S/C59H67N11O9/c1-35(2)52(66-58(76)78-34-48-45-17-9-7-15-43(45)44-16-8-10-18-46(44)48)49(72)30-39(12-11-25-61-56(60)75)54(73)64-40-21-19-38(20-22-40)33-79-59(77)69-28-26-68(27-29-69)42-23-24-50(62-31-42)65-57-63-32-47-36(3)51(37(4)71)55(74)70(53(47)67-57)41-13-5-6-14-41/h7-10,15-24,31-32,35,39,41,48,52H,5-6,11-14,25-30,33-34H2,1-4H3,(H,64,73)(H,66,76)(H3,60,61,75)(H,62,63,65,67)/t39-,52+/m1/s1. The highest BCUT2D eigenvalue weighted by Crippen LogP contribution is 2.44. The van der Waals surface area contributed by atoms with E-state index in [2.05, 4.69) is 48.3 Å². The fraction of sp³-hybridized carbons (Fsp3) is 0.390. The lowest BCUT2D eigenvalue weighted by atomic mass is 9.89. The number of Topliss-reactive ketones (excluding diaryl/α,β-unsaturated/α-hetero) is 2. The van der Waals surface area contributed by atoms with E-state index in [0.717, 1.165) is 53.6 Å². The van der Waals surface area contributed by atoms with E-state index in [0.29, 0.717) is 66.3 Å². The summed E-state index contributed by atoms with van der Waals surface area (Å²) in [6.45, 7) is 9.04. The first-order chi connectivity index (χ1) is 38.1. The average Bonchev–Trinajstić information content (AvgIpc) is 4.34. The third-order valence-corrected chi connectivity index (χ3v) is 15.2. The molecule has 0 radical (unpaired) electrons. The molecule has 2 atom stereocenters. The van der Waals surface area contributed by atoms with Gasteiger partial charge in [-0.3, -0.25) is 23.7 Å². The zero-order chi connectivity index (χ0) is 55.7. The van der Waals surface area contributed by atoms with Gasteiger partial charge in [-0.15, -0.1) is 0 Å². The van der Waals surface area contributed by atoms with Crippen molar-refractivity contribution in [2.45, 2.75) is 97.2 Å². The molecule has 1 saturated heterocycles. The monoisotopic (exact) mass is 1070 g/mol. The van der Waals surface area contributed by atoms with E-state index in [1.165, 1.54) is 6.92 Å². The summed E-state index contributed by atoms with van der Waals surface area (Å²) in [5.41, 5.74) is 12.6. The average molecular weight is 1070 g/mol. The number of nitrogens with zero attached hydrogens (tertiary/aromatic N) is 6. The molecule has 3 aromatic heterocycles. The van der Waals surface area contributed by atoms with Crippen molar-refractivity contribution in [3.8, 4) is 11.1 Å². The van der Waals surface area contributed by atoms with Crippen LogP contribution in [0.15, 0.2) is 102 Å². The SMILES string of the molecule is CC(=O)c1c(C)c2cnc(Nc3ccc(N4CCN(C(=O)OCc5ccc(NC(=O)[C@H](CCCNC(N)=O)CC(=O)[C@@H](NC(=O)OCC6c7ccccc7-c7ccccc76)C(C)C)cc5)CC4)cn3)nc2n(C2CCCC2)c1=O. The first-order valence-electron chi connectivity index (χ1n) is 27.0. The number of primary amides is 1. The van der Waals surface area contributed by atoms with Gasteiger partial charge in [0, 0.05) is 74.3 Å². The van der Waals surface area contributed by atoms with Gasteiger partial charge >= 0.3 is 18.2 Å². The van der Waals surface area contributed by atoms with E-state index in [-0.39, 0.29) is 79.1 Å². The number of piperazine rings is 1. The summed E-state index contributed by atoms with van der Waals surface area (Å²) in [6, 6.07) is 25.0. The molecule has 3 aromatic carbocycles. The Bertz CT molecular complexity index is 3250. The smallest absolute Gasteiger partial charge is 0.410 e. The van der Waals surface area contributed by atoms with Gasteiger partial charge in [-0.05, 0) is 103 Å². The minimum absolute atomic E-state index is 0.00151. The fourth-order valence-corrected chi connectivity index (χ4v) is 11.0.